The van der Waals surface area contributed by atoms with Gasteiger partial charge in [-0.1, -0.05) is 55.8 Å². The van der Waals surface area contributed by atoms with E-state index in [1.807, 2.05) is 56.5 Å². The van der Waals surface area contributed by atoms with Crippen LogP contribution in [0.25, 0.3) is 11.3 Å². The number of thiazole rings is 1. The Morgan fingerprint density at radius 3 is 2.48 bits per heavy atom. The maximum absolute atomic E-state index is 13.1. The molecule has 1 aromatic heterocycles. The maximum Gasteiger partial charge on any atom is 0.243 e. The molecule has 1 N–H and O–H groups in total. The van der Waals surface area contributed by atoms with Gasteiger partial charge in [-0.3, -0.25) is 5.43 Å². The first kappa shape index (κ1) is 23.1. The smallest absolute Gasteiger partial charge is 0.243 e. The third-order valence-electron chi connectivity index (χ3n) is 4.67. The van der Waals surface area contributed by atoms with E-state index in [1.54, 1.807) is 28.7 Å². The van der Waals surface area contributed by atoms with Crippen LogP contribution in [0.15, 0.2) is 63.9 Å². The number of hydrogen-bond acceptors (Lipinski definition) is 6. The normalized spacial score (nSPS) is 12.0. The average molecular weight is 457 g/mol. The van der Waals surface area contributed by atoms with Crippen molar-refractivity contribution in [3.63, 3.8) is 0 Å². The van der Waals surface area contributed by atoms with Gasteiger partial charge in [0.05, 0.1) is 16.8 Å². The molecule has 0 atom stereocenters. The minimum atomic E-state index is -3.53. The molecule has 0 saturated carbocycles. The van der Waals surface area contributed by atoms with Gasteiger partial charge in [0.1, 0.15) is 0 Å². The summed E-state index contributed by atoms with van der Waals surface area (Å²) in [7, 11) is -3.53. The highest BCUT2D eigenvalue weighted by Gasteiger charge is 2.23. The molecule has 0 amide bonds. The average Bonchev–Trinajstić information content (AvgIpc) is 3.24. The van der Waals surface area contributed by atoms with E-state index in [0.717, 1.165) is 24.0 Å². The van der Waals surface area contributed by atoms with Crippen molar-refractivity contribution in [2.75, 3.05) is 18.5 Å². The lowest BCUT2D eigenvalue weighted by molar-refractivity contribution is 0.410. The third kappa shape index (κ3) is 6.00. The van der Waals surface area contributed by atoms with Gasteiger partial charge in [-0.15, -0.1) is 11.3 Å². The summed E-state index contributed by atoms with van der Waals surface area (Å²) in [4.78, 5) is 4.85. The van der Waals surface area contributed by atoms with Crippen LogP contribution in [0.1, 0.15) is 37.8 Å². The molecule has 0 fully saturated rings. The van der Waals surface area contributed by atoms with Crippen LogP contribution >= 0.6 is 11.3 Å². The zero-order valence-corrected chi connectivity index (χ0v) is 19.7. The second-order valence-corrected chi connectivity index (χ2v) is 10.0. The Kier molecular flexibility index (Phi) is 7.95. The van der Waals surface area contributed by atoms with Crippen molar-refractivity contribution < 1.29 is 8.42 Å². The number of nitrogens with zero attached hydrogens (tertiary/aromatic N) is 3. The van der Waals surface area contributed by atoms with Gasteiger partial charge in [0.15, 0.2) is 0 Å². The summed E-state index contributed by atoms with van der Waals surface area (Å²) >= 11 is 1.42. The number of hydrogen-bond donors (Lipinski definition) is 1. The van der Waals surface area contributed by atoms with Crippen LogP contribution < -0.4 is 5.43 Å². The quantitative estimate of drug-likeness (QED) is 0.328. The van der Waals surface area contributed by atoms with Crippen molar-refractivity contribution in [3.8, 4) is 11.3 Å². The number of rotatable bonds is 10. The zero-order chi connectivity index (χ0) is 22.3. The fourth-order valence-electron chi connectivity index (χ4n) is 3.09. The van der Waals surface area contributed by atoms with Crippen molar-refractivity contribution in [1.29, 1.82) is 0 Å². The Hall–Kier alpha value is -2.55. The van der Waals surface area contributed by atoms with E-state index in [0.29, 0.717) is 28.8 Å². The van der Waals surface area contributed by atoms with E-state index in [1.165, 1.54) is 16.9 Å². The summed E-state index contributed by atoms with van der Waals surface area (Å²) in [5, 5.41) is 6.78. The van der Waals surface area contributed by atoms with Gasteiger partial charge < -0.3 is 0 Å². The highest BCUT2D eigenvalue weighted by atomic mass is 32.2. The molecular weight excluding hydrogens is 428 g/mol. The van der Waals surface area contributed by atoms with E-state index in [2.05, 4.69) is 15.5 Å². The van der Waals surface area contributed by atoms with Crippen molar-refractivity contribution in [2.45, 2.75) is 38.5 Å². The molecule has 3 aromatic rings. The Morgan fingerprint density at radius 1 is 1.10 bits per heavy atom. The second kappa shape index (κ2) is 10.7. The number of aryl methyl sites for hydroxylation is 1. The van der Waals surface area contributed by atoms with Gasteiger partial charge in [-0.25, -0.2) is 13.4 Å². The first-order chi connectivity index (χ1) is 14.9. The van der Waals surface area contributed by atoms with E-state index in [9.17, 15) is 8.42 Å². The van der Waals surface area contributed by atoms with Gasteiger partial charge in [-0.2, -0.15) is 9.41 Å². The Bertz CT molecular complexity index is 1120. The van der Waals surface area contributed by atoms with Crippen molar-refractivity contribution >= 4 is 32.7 Å². The van der Waals surface area contributed by atoms with E-state index >= 15 is 0 Å². The first-order valence-corrected chi connectivity index (χ1v) is 12.7. The number of benzene rings is 2. The molecular formula is C23H28N4O2S2. The molecule has 0 spiro atoms. The van der Waals surface area contributed by atoms with Gasteiger partial charge in [0.2, 0.25) is 15.2 Å². The molecule has 8 heteroatoms. The van der Waals surface area contributed by atoms with Crippen molar-refractivity contribution in [1.82, 2.24) is 9.29 Å². The second-order valence-electron chi connectivity index (χ2n) is 7.25. The molecule has 0 bridgehead atoms. The van der Waals surface area contributed by atoms with Crippen LogP contribution in [-0.4, -0.2) is 37.0 Å². The highest BCUT2D eigenvalue weighted by Crippen LogP contribution is 2.28. The number of sulfonamides is 1. The molecule has 0 aliphatic heterocycles. The van der Waals surface area contributed by atoms with Crippen LogP contribution in [0.2, 0.25) is 0 Å². The molecule has 3 rings (SSSR count). The minimum absolute atomic E-state index is 0.298. The highest BCUT2D eigenvalue weighted by molar-refractivity contribution is 7.89. The first-order valence-electron chi connectivity index (χ1n) is 10.4. The Labute approximate surface area is 188 Å². The van der Waals surface area contributed by atoms with Crippen LogP contribution in [-0.2, 0) is 10.0 Å². The van der Waals surface area contributed by atoms with E-state index in [-0.39, 0.29) is 0 Å². The summed E-state index contributed by atoms with van der Waals surface area (Å²) in [5.41, 5.74) is 6.62. The third-order valence-corrected chi connectivity index (χ3v) is 7.31. The number of hydrazone groups is 1. The summed E-state index contributed by atoms with van der Waals surface area (Å²) in [5.74, 6) is 0. The zero-order valence-electron chi connectivity index (χ0n) is 18.1. The Balaban J connectivity index is 1.75. The molecule has 164 valence electrons. The molecule has 0 unspecified atom stereocenters. The molecule has 0 aliphatic rings. The molecule has 2 aromatic carbocycles. The van der Waals surface area contributed by atoms with Crippen LogP contribution in [0.5, 0.6) is 0 Å². The van der Waals surface area contributed by atoms with Gasteiger partial charge in [-0.05, 0) is 37.5 Å². The lowest BCUT2D eigenvalue weighted by atomic mass is 10.2. The summed E-state index contributed by atoms with van der Waals surface area (Å²) in [6.07, 6.45) is 3.30. The number of nitrogens with one attached hydrogen (secondary N) is 1. The minimum Gasteiger partial charge on any atom is -0.253 e. The number of aromatic nitrogens is 1. The van der Waals surface area contributed by atoms with Crippen molar-refractivity contribution in [2.24, 2.45) is 5.10 Å². The maximum atomic E-state index is 13.1. The van der Waals surface area contributed by atoms with Gasteiger partial charge >= 0.3 is 0 Å². The molecule has 0 radical (unpaired) electrons. The van der Waals surface area contributed by atoms with Gasteiger partial charge in [0, 0.05) is 24.0 Å². The van der Waals surface area contributed by atoms with E-state index in [4.69, 9.17) is 0 Å². The molecule has 1 heterocycles. The van der Waals surface area contributed by atoms with Gasteiger partial charge in [0.25, 0.3) is 0 Å². The lowest BCUT2D eigenvalue weighted by Gasteiger charge is -2.21. The standard InChI is InChI=1S/C23H28N4O2S2/c1-4-13-27(14-5-2)31(28,29)21-8-6-7-20(15-21)22-17-30-23(25-22)26-24-16-19-11-9-18(3)10-12-19/h6-12,15-17H,4-5,13-14H2,1-3H3,(H,25,26). The summed E-state index contributed by atoms with van der Waals surface area (Å²) in [6, 6.07) is 15.0. The summed E-state index contributed by atoms with van der Waals surface area (Å²) < 4.78 is 27.7. The SMILES string of the molecule is CCCN(CCC)S(=O)(=O)c1cccc(-c2csc(NN=Cc3ccc(C)cc3)n2)c1. The molecule has 0 aliphatic carbocycles. The molecule has 6 nitrogen and oxygen atoms in total. The van der Waals surface area contributed by atoms with Crippen LogP contribution in [0, 0.1) is 6.92 Å². The predicted octanol–water partition coefficient (Wildman–Crippen LogP) is 5.38. The fraction of sp³-hybridized carbons (Fsp3) is 0.304. The monoisotopic (exact) mass is 456 g/mol. The number of anilines is 1. The van der Waals surface area contributed by atoms with E-state index < -0.39 is 10.0 Å². The largest absolute Gasteiger partial charge is 0.253 e. The predicted molar refractivity (Wildman–Crippen MR) is 129 cm³/mol. The summed E-state index contributed by atoms with van der Waals surface area (Å²) in [6.45, 7) is 7.05. The lowest BCUT2D eigenvalue weighted by Crippen LogP contribution is -2.32. The fourth-order valence-corrected chi connectivity index (χ4v) is 5.43. The van der Waals surface area contributed by atoms with Crippen molar-refractivity contribution in [3.05, 3.63) is 65.0 Å². The molecule has 0 saturated heterocycles. The molecule has 31 heavy (non-hydrogen) atoms. The Morgan fingerprint density at radius 2 is 1.81 bits per heavy atom. The topological polar surface area (TPSA) is 74.7 Å². The van der Waals surface area contributed by atoms with Crippen LogP contribution in [0.3, 0.4) is 0 Å². The van der Waals surface area contributed by atoms with Crippen LogP contribution in [0.4, 0.5) is 5.13 Å².